The van der Waals surface area contributed by atoms with Crippen LogP contribution in [-0.2, 0) is 16.2 Å². The van der Waals surface area contributed by atoms with E-state index in [1.54, 1.807) is 35.2 Å². The van der Waals surface area contributed by atoms with Crippen LogP contribution in [0.5, 0.6) is 11.5 Å². The Hall–Kier alpha value is -3.42. The molecule has 0 saturated carbocycles. The number of carbonyl (C=O) groups is 2. The molecular formula is C27H27Cl2N3O4. The summed E-state index contributed by atoms with van der Waals surface area (Å²) in [5.74, 6) is 0.0630. The zero-order chi connectivity index (χ0) is 25.8. The van der Waals surface area contributed by atoms with Crippen LogP contribution in [0.15, 0.2) is 54.6 Å². The number of ether oxygens (including phenoxy) is 2. The molecule has 0 aliphatic carbocycles. The molecule has 2 amide bonds. The maximum absolute atomic E-state index is 12.9. The first-order valence-corrected chi connectivity index (χ1v) is 12.2. The molecule has 1 heterocycles. The Morgan fingerprint density at radius 1 is 1.06 bits per heavy atom. The highest BCUT2D eigenvalue weighted by Crippen LogP contribution is 2.36. The van der Waals surface area contributed by atoms with Gasteiger partial charge in [-0.1, -0.05) is 41.4 Å². The van der Waals surface area contributed by atoms with Gasteiger partial charge in [0.1, 0.15) is 6.61 Å². The van der Waals surface area contributed by atoms with Gasteiger partial charge in [0.25, 0.3) is 0 Å². The number of benzene rings is 3. The second-order valence-electron chi connectivity index (χ2n) is 8.66. The van der Waals surface area contributed by atoms with Crippen molar-refractivity contribution in [3.8, 4) is 11.5 Å². The van der Waals surface area contributed by atoms with Crippen molar-refractivity contribution in [2.24, 2.45) is 5.92 Å². The standard InChI is InChI=1S/C27H27Cl2N3O4/c1-16-7-9-20(11-17(16)2)32-14-19(13-25(32)33)27(34)31-30-23-5-4-6-24(35-3)26(23)36-15-18-8-10-21(28)22(29)12-18/h4-12,19,30H,13-15H2,1-3H3,(H,31,34)/t19-/m1/s1. The number of carbonyl (C=O) groups excluding carboxylic acids is 2. The predicted molar refractivity (Wildman–Crippen MR) is 142 cm³/mol. The topological polar surface area (TPSA) is 79.9 Å². The van der Waals surface area contributed by atoms with Crippen molar-refractivity contribution in [2.45, 2.75) is 26.9 Å². The van der Waals surface area contributed by atoms with E-state index in [1.165, 1.54) is 7.11 Å². The summed E-state index contributed by atoms with van der Waals surface area (Å²) in [6.07, 6.45) is 0.138. The molecule has 3 aromatic carbocycles. The van der Waals surface area contributed by atoms with Gasteiger partial charge in [-0.05, 0) is 66.9 Å². The fourth-order valence-corrected chi connectivity index (χ4v) is 4.29. The van der Waals surface area contributed by atoms with Gasteiger partial charge < -0.3 is 14.4 Å². The van der Waals surface area contributed by atoms with Gasteiger partial charge in [0.05, 0.1) is 28.8 Å². The molecule has 1 fully saturated rings. The van der Waals surface area contributed by atoms with E-state index < -0.39 is 5.92 Å². The van der Waals surface area contributed by atoms with Gasteiger partial charge in [-0.25, -0.2) is 0 Å². The van der Waals surface area contributed by atoms with Crippen LogP contribution < -0.4 is 25.2 Å². The van der Waals surface area contributed by atoms with Gasteiger partial charge in [0.15, 0.2) is 11.5 Å². The number of halogens is 2. The Morgan fingerprint density at radius 2 is 1.86 bits per heavy atom. The van der Waals surface area contributed by atoms with E-state index in [4.69, 9.17) is 32.7 Å². The van der Waals surface area contributed by atoms with Crippen LogP contribution in [0, 0.1) is 19.8 Å². The number of hydrazine groups is 1. The molecule has 3 aromatic rings. The minimum atomic E-state index is -0.488. The third-order valence-electron chi connectivity index (χ3n) is 6.18. The van der Waals surface area contributed by atoms with Gasteiger partial charge in [0.2, 0.25) is 11.8 Å². The molecule has 2 N–H and O–H groups in total. The third kappa shape index (κ3) is 5.69. The van der Waals surface area contributed by atoms with Gasteiger partial charge in [0, 0.05) is 18.7 Å². The van der Waals surface area contributed by atoms with Crippen molar-refractivity contribution in [2.75, 3.05) is 24.0 Å². The fourth-order valence-electron chi connectivity index (χ4n) is 3.97. The molecule has 0 aromatic heterocycles. The van der Waals surface area contributed by atoms with E-state index >= 15 is 0 Å². The lowest BCUT2D eigenvalue weighted by Crippen LogP contribution is -2.36. The Labute approximate surface area is 220 Å². The number of amides is 2. The number of hydrogen-bond donors (Lipinski definition) is 2. The van der Waals surface area contributed by atoms with Crippen LogP contribution in [0.2, 0.25) is 10.0 Å². The van der Waals surface area contributed by atoms with Crippen LogP contribution in [0.3, 0.4) is 0 Å². The summed E-state index contributed by atoms with van der Waals surface area (Å²) in [5, 5.41) is 0.897. The van der Waals surface area contributed by atoms with Crippen molar-refractivity contribution < 1.29 is 19.1 Å². The van der Waals surface area contributed by atoms with Crippen LogP contribution in [0.4, 0.5) is 11.4 Å². The van der Waals surface area contributed by atoms with Gasteiger partial charge in [-0.2, -0.15) is 0 Å². The molecule has 0 unspecified atom stereocenters. The summed E-state index contributed by atoms with van der Waals surface area (Å²) in [6.45, 7) is 4.55. The van der Waals surface area contributed by atoms with Crippen molar-refractivity contribution in [3.05, 3.63) is 81.3 Å². The number of methoxy groups -OCH3 is 1. The van der Waals surface area contributed by atoms with Crippen molar-refractivity contribution in [1.29, 1.82) is 0 Å². The number of nitrogens with zero attached hydrogens (tertiary/aromatic N) is 1. The maximum Gasteiger partial charge on any atom is 0.243 e. The third-order valence-corrected chi connectivity index (χ3v) is 6.92. The molecule has 1 aliphatic heterocycles. The SMILES string of the molecule is COc1cccc(NNC(=O)[C@@H]2CC(=O)N(c3ccc(C)c(C)c3)C2)c1OCc1ccc(Cl)c(Cl)c1. The molecule has 0 spiro atoms. The second-order valence-corrected chi connectivity index (χ2v) is 9.48. The highest BCUT2D eigenvalue weighted by molar-refractivity contribution is 6.42. The summed E-state index contributed by atoms with van der Waals surface area (Å²) in [6, 6.07) is 16.4. The zero-order valence-corrected chi connectivity index (χ0v) is 21.7. The van der Waals surface area contributed by atoms with E-state index in [0.717, 1.165) is 22.4 Å². The highest BCUT2D eigenvalue weighted by atomic mass is 35.5. The molecule has 36 heavy (non-hydrogen) atoms. The molecule has 0 radical (unpaired) electrons. The molecule has 4 rings (SSSR count). The van der Waals surface area contributed by atoms with E-state index in [9.17, 15) is 9.59 Å². The largest absolute Gasteiger partial charge is 0.493 e. The first-order chi connectivity index (χ1) is 17.3. The Kier molecular flexibility index (Phi) is 7.91. The molecule has 1 aliphatic rings. The predicted octanol–water partition coefficient (Wildman–Crippen LogP) is 5.69. The summed E-state index contributed by atoms with van der Waals surface area (Å²) in [7, 11) is 1.54. The highest BCUT2D eigenvalue weighted by Gasteiger charge is 2.35. The summed E-state index contributed by atoms with van der Waals surface area (Å²) in [4.78, 5) is 27.2. The normalized spacial score (nSPS) is 15.1. The Morgan fingerprint density at radius 3 is 2.58 bits per heavy atom. The van der Waals surface area contributed by atoms with Crippen LogP contribution in [0.1, 0.15) is 23.1 Å². The Balaban J connectivity index is 1.42. The zero-order valence-electron chi connectivity index (χ0n) is 20.2. The molecule has 9 heteroatoms. The lowest BCUT2D eigenvalue weighted by molar-refractivity contribution is -0.125. The summed E-state index contributed by atoms with van der Waals surface area (Å²) in [5.41, 5.74) is 10.0. The fraction of sp³-hybridized carbons (Fsp3) is 0.259. The lowest BCUT2D eigenvalue weighted by atomic mass is 10.1. The minimum Gasteiger partial charge on any atom is -0.493 e. The average Bonchev–Trinajstić information content (AvgIpc) is 3.26. The number of hydrogen-bond acceptors (Lipinski definition) is 5. The number of anilines is 2. The van der Waals surface area contributed by atoms with Crippen molar-refractivity contribution in [1.82, 2.24) is 5.43 Å². The lowest BCUT2D eigenvalue weighted by Gasteiger charge is -2.19. The molecule has 188 valence electrons. The number of aryl methyl sites for hydroxylation is 2. The first kappa shape index (κ1) is 25.7. The van der Waals surface area contributed by atoms with Crippen molar-refractivity contribution >= 4 is 46.4 Å². The summed E-state index contributed by atoms with van der Waals surface area (Å²) < 4.78 is 11.5. The molecule has 1 atom stereocenters. The van der Waals surface area contributed by atoms with Crippen LogP contribution in [0.25, 0.3) is 0 Å². The van der Waals surface area contributed by atoms with E-state index in [1.807, 2.05) is 38.1 Å². The van der Waals surface area contributed by atoms with Gasteiger partial charge >= 0.3 is 0 Å². The summed E-state index contributed by atoms with van der Waals surface area (Å²) >= 11 is 12.1. The van der Waals surface area contributed by atoms with E-state index in [2.05, 4.69) is 10.9 Å². The van der Waals surface area contributed by atoms with Crippen LogP contribution >= 0.6 is 23.2 Å². The van der Waals surface area contributed by atoms with Crippen molar-refractivity contribution in [3.63, 3.8) is 0 Å². The molecule has 7 nitrogen and oxygen atoms in total. The molecule has 1 saturated heterocycles. The van der Waals surface area contributed by atoms with Gasteiger partial charge in [-0.15, -0.1) is 0 Å². The number of nitrogens with one attached hydrogen (secondary N) is 2. The first-order valence-electron chi connectivity index (χ1n) is 11.4. The van der Waals surface area contributed by atoms with Gasteiger partial charge in [-0.3, -0.25) is 20.4 Å². The monoisotopic (exact) mass is 527 g/mol. The molecular weight excluding hydrogens is 501 g/mol. The average molecular weight is 528 g/mol. The molecule has 0 bridgehead atoms. The number of rotatable bonds is 8. The van der Waals surface area contributed by atoms with E-state index in [0.29, 0.717) is 33.8 Å². The second kappa shape index (κ2) is 11.1. The number of para-hydroxylation sites is 1. The quantitative estimate of drug-likeness (QED) is 0.367. The smallest absolute Gasteiger partial charge is 0.243 e. The van der Waals surface area contributed by atoms with E-state index in [-0.39, 0.29) is 24.8 Å². The maximum atomic E-state index is 12.9. The minimum absolute atomic E-state index is 0.0783. The Bertz CT molecular complexity index is 1300. The van der Waals surface area contributed by atoms with Crippen LogP contribution in [-0.4, -0.2) is 25.5 Å².